The Morgan fingerprint density at radius 3 is 2.48 bits per heavy atom. The maximum absolute atomic E-state index is 12.4. The van der Waals surface area contributed by atoms with E-state index >= 15 is 0 Å². The van der Waals surface area contributed by atoms with Crippen LogP contribution in [0.25, 0.3) is 0 Å². The van der Waals surface area contributed by atoms with Crippen molar-refractivity contribution >= 4 is 27.9 Å². The second-order valence-electron chi connectivity index (χ2n) is 5.51. The third-order valence-corrected chi connectivity index (χ3v) is 5.41. The van der Waals surface area contributed by atoms with Crippen molar-refractivity contribution in [3.8, 4) is 0 Å². The van der Waals surface area contributed by atoms with Crippen LogP contribution in [0.5, 0.6) is 0 Å². The third kappa shape index (κ3) is 4.54. The van der Waals surface area contributed by atoms with Gasteiger partial charge in [-0.05, 0) is 19.1 Å². The Kier molecular flexibility index (Phi) is 5.75. The standard InChI is InChI=1S/C15H19N3O6S/c1-11-3-5-12(6-4-11)25(22,23)17(2)9-14(20)24-10-13(19)18-8-7-16-15(18)21/h3-6H,7-10H2,1-2H3,(H,16,21). The number of aryl methyl sites for hydroxylation is 1. The Morgan fingerprint density at radius 2 is 1.92 bits per heavy atom. The number of nitrogens with zero attached hydrogens (tertiary/aromatic N) is 2. The first-order chi connectivity index (χ1) is 11.7. The molecule has 0 radical (unpaired) electrons. The number of amides is 3. The fraction of sp³-hybridized carbons (Fsp3) is 0.400. The van der Waals surface area contributed by atoms with Gasteiger partial charge in [0.15, 0.2) is 6.61 Å². The number of esters is 1. The maximum atomic E-state index is 12.4. The number of hydrogen-bond donors (Lipinski definition) is 1. The molecular formula is C15H19N3O6S. The van der Waals surface area contributed by atoms with E-state index in [0.29, 0.717) is 6.54 Å². The van der Waals surface area contributed by atoms with Crippen molar-refractivity contribution in [3.63, 3.8) is 0 Å². The summed E-state index contributed by atoms with van der Waals surface area (Å²) in [5, 5.41) is 2.45. The molecule has 1 aliphatic heterocycles. The Balaban J connectivity index is 1.90. The molecule has 0 spiro atoms. The van der Waals surface area contributed by atoms with Crippen LogP contribution in [0.3, 0.4) is 0 Å². The lowest BCUT2D eigenvalue weighted by molar-refractivity contribution is -0.150. The summed E-state index contributed by atoms with van der Waals surface area (Å²) in [6.07, 6.45) is 0. The molecule has 0 aliphatic carbocycles. The first kappa shape index (κ1) is 18.9. The molecule has 2 rings (SSSR count). The van der Waals surface area contributed by atoms with Crippen LogP contribution in [-0.2, 0) is 24.3 Å². The van der Waals surface area contributed by atoms with Crippen LogP contribution < -0.4 is 5.32 Å². The number of urea groups is 1. The lowest BCUT2D eigenvalue weighted by Crippen LogP contribution is -2.38. The third-order valence-electron chi connectivity index (χ3n) is 3.60. The predicted octanol–water partition coefficient (Wildman–Crippen LogP) is -0.289. The van der Waals surface area contributed by atoms with Crippen LogP contribution >= 0.6 is 0 Å². The molecule has 0 unspecified atom stereocenters. The largest absolute Gasteiger partial charge is 0.455 e. The lowest BCUT2D eigenvalue weighted by Gasteiger charge is -2.17. The zero-order valence-corrected chi connectivity index (χ0v) is 14.7. The molecule has 10 heteroatoms. The molecule has 9 nitrogen and oxygen atoms in total. The number of carbonyl (C=O) groups is 3. The molecule has 1 aliphatic rings. The van der Waals surface area contributed by atoms with Crippen molar-refractivity contribution in [1.29, 1.82) is 0 Å². The molecule has 0 atom stereocenters. The molecule has 0 bridgehead atoms. The zero-order chi connectivity index (χ0) is 18.6. The van der Waals surface area contributed by atoms with E-state index < -0.39 is 41.1 Å². The number of sulfonamides is 1. The number of nitrogens with one attached hydrogen (secondary N) is 1. The summed E-state index contributed by atoms with van der Waals surface area (Å²) in [5.74, 6) is -1.54. The Bertz CT molecular complexity index is 775. The molecule has 25 heavy (non-hydrogen) atoms. The first-order valence-electron chi connectivity index (χ1n) is 7.48. The molecular weight excluding hydrogens is 350 g/mol. The predicted molar refractivity (Wildman–Crippen MR) is 87.1 cm³/mol. The molecule has 0 aromatic heterocycles. The van der Waals surface area contributed by atoms with Crippen LogP contribution in [0.15, 0.2) is 29.2 Å². The van der Waals surface area contributed by atoms with Crippen LogP contribution in [0.2, 0.25) is 0 Å². The van der Waals surface area contributed by atoms with E-state index in [2.05, 4.69) is 5.32 Å². The van der Waals surface area contributed by atoms with Gasteiger partial charge < -0.3 is 10.1 Å². The summed E-state index contributed by atoms with van der Waals surface area (Å²) in [6.45, 7) is 1.21. The van der Waals surface area contributed by atoms with Gasteiger partial charge in [0.05, 0.1) is 4.90 Å². The number of ether oxygens (including phenoxy) is 1. The van der Waals surface area contributed by atoms with Gasteiger partial charge in [-0.2, -0.15) is 4.31 Å². The van der Waals surface area contributed by atoms with Gasteiger partial charge in [-0.25, -0.2) is 13.2 Å². The van der Waals surface area contributed by atoms with E-state index in [9.17, 15) is 22.8 Å². The second-order valence-corrected chi connectivity index (χ2v) is 7.56. The quantitative estimate of drug-likeness (QED) is 0.690. The van der Waals surface area contributed by atoms with E-state index in [1.165, 1.54) is 19.2 Å². The molecule has 1 heterocycles. The summed E-state index contributed by atoms with van der Waals surface area (Å²) in [4.78, 5) is 35.8. The number of imide groups is 1. The van der Waals surface area contributed by atoms with E-state index in [1.807, 2.05) is 6.92 Å². The topological polar surface area (TPSA) is 113 Å². The Morgan fingerprint density at radius 1 is 1.28 bits per heavy atom. The molecule has 3 amide bonds. The molecule has 1 saturated heterocycles. The van der Waals surface area contributed by atoms with Crippen LogP contribution in [0.4, 0.5) is 4.79 Å². The number of benzene rings is 1. The van der Waals surface area contributed by atoms with Gasteiger partial charge in [-0.1, -0.05) is 17.7 Å². The van der Waals surface area contributed by atoms with Crippen molar-refractivity contribution in [2.75, 3.05) is 33.3 Å². The van der Waals surface area contributed by atoms with E-state index in [-0.39, 0.29) is 11.4 Å². The normalized spacial score (nSPS) is 14.5. The van der Waals surface area contributed by atoms with Crippen molar-refractivity contribution in [2.24, 2.45) is 0 Å². The molecule has 1 N–H and O–H groups in total. The zero-order valence-electron chi connectivity index (χ0n) is 13.9. The number of rotatable bonds is 6. The fourth-order valence-electron chi connectivity index (χ4n) is 2.13. The summed E-state index contributed by atoms with van der Waals surface area (Å²) in [7, 11) is -2.60. The highest BCUT2D eigenvalue weighted by Gasteiger charge is 2.28. The molecule has 1 aromatic rings. The maximum Gasteiger partial charge on any atom is 0.324 e. The minimum Gasteiger partial charge on any atom is -0.455 e. The van der Waals surface area contributed by atoms with Crippen molar-refractivity contribution < 1.29 is 27.5 Å². The minimum atomic E-state index is -3.84. The minimum absolute atomic E-state index is 0.0539. The van der Waals surface area contributed by atoms with Crippen molar-refractivity contribution in [1.82, 2.24) is 14.5 Å². The van der Waals surface area contributed by atoms with Gasteiger partial charge in [-0.15, -0.1) is 0 Å². The highest BCUT2D eigenvalue weighted by molar-refractivity contribution is 7.89. The SMILES string of the molecule is Cc1ccc(S(=O)(=O)N(C)CC(=O)OCC(=O)N2CCNC2=O)cc1. The average Bonchev–Trinajstić information content (AvgIpc) is 2.99. The summed E-state index contributed by atoms with van der Waals surface area (Å²) < 4.78 is 30.3. The van der Waals surface area contributed by atoms with Crippen LogP contribution in [0, 0.1) is 6.92 Å². The van der Waals surface area contributed by atoms with Gasteiger partial charge >= 0.3 is 12.0 Å². The van der Waals surface area contributed by atoms with Crippen molar-refractivity contribution in [3.05, 3.63) is 29.8 Å². The Hall–Kier alpha value is -2.46. The Labute approximate surface area is 145 Å². The smallest absolute Gasteiger partial charge is 0.324 e. The van der Waals surface area contributed by atoms with Gasteiger partial charge in [0, 0.05) is 20.1 Å². The first-order valence-corrected chi connectivity index (χ1v) is 8.92. The molecule has 1 fully saturated rings. The van der Waals surface area contributed by atoms with Gasteiger partial charge in [0.1, 0.15) is 6.54 Å². The monoisotopic (exact) mass is 369 g/mol. The summed E-state index contributed by atoms with van der Waals surface area (Å²) >= 11 is 0. The van der Waals surface area contributed by atoms with Gasteiger partial charge in [0.2, 0.25) is 10.0 Å². The summed E-state index contributed by atoms with van der Waals surface area (Å²) in [5.41, 5.74) is 0.908. The molecule has 136 valence electrons. The van der Waals surface area contributed by atoms with E-state index in [1.54, 1.807) is 12.1 Å². The van der Waals surface area contributed by atoms with Gasteiger partial charge in [-0.3, -0.25) is 14.5 Å². The summed E-state index contributed by atoms with van der Waals surface area (Å²) in [6, 6.07) is 5.65. The lowest BCUT2D eigenvalue weighted by atomic mass is 10.2. The number of likely N-dealkylation sites (N-methyl/N-ethyl adjacent to an activating group) is 1. The molecule has 0 saturated carbocycles. The number of hydrogen-bond acceptors (Lipinski definition) is 6. The average molecular weight is 369 g/mol. The van der Waals surface area contributed by atoms with Gasteiger partial charge in [0.25, 0.3) is 5.91 Å². The van der Waals surface area contributed by atoms with E-state index in [0.717, 1.165) is 14.8 Å². The highest BCUT2D eigenvalue weighted by Crippen LogP contribution is 2.14. The van der Waals surface area contributed by atoms with E-state index in [4.69, 9.17) is 4.74 Å². The van der Waals surface area contributed by atoms with Crippen LogP contribution in [-0.4, -0.2) is 68.8 Å². The van der Waals surface area contributed by atoms with Crippen LogP contribution in [0.1, 0.15) is 5.56 Å². The number of carbonyl (C=O) groups excluding carboxylic acids is 3. The van der Waals surface area contributed by atoms with Crippen molar-refractivity contribution in [2.45, 2.75) is 11.8 Å². The second kappa shape index (κ2) is 7.62. The fourth-order valence-corrected chi connectivity index (χ4v) is 3.25. The highest BCUT2D eigenvalue weighted by atomic mass is 32.2. The molecule has 1 aromatic carbocycles.